The van der Waals surface area contributed by atoms with Gasteiger partial charge in [-0.15, -0.1) is 0 Å². The number of hydrogen-bond acceptors (Lipinski definition) is 2. The molecule has 1 amide bonds. The molecule has 0 aromatic heterocycles. The van der Waals surface area contributed by atoms with Crippen molar-refractivity contribution in [2.75, 3.05) is 13.6 Å². The Bertz CT molecular complexity index is 540. The van der Waals surface area contributed by atoms with Gasteiger partial charge in [0.25, 0.3) is 0 Å². The molecule has 7 heteroatoms. The fourth-order valence-electron chi connectivity index (χ4n) is 2.22. The first-order valence-corrected chi connectivity index (χ1v) is 7.24. The van der Waals surface area contributed by atoms with E-state index in [1.807, 2.05) is 0 Å². The number of carbonyl (C=O) groups excluding carboxylic acids is 1. The highest BCUT2D eigenvalue weighted by Crippen LogP contribution is 2.29. The zero-order valence-electron chi connectivity index (χ0n) is 13.1. The lowest BCUT2D eigenvalue weighted by Gasteiger charge is -2.21. The standard InChI is InChI=1S/C16H20F3NO3/c1-11(15(23)20(2)9-3-4-14(21)22)10-12-5-7-13(8-6-12)16(17,18)19/h5-8,11H,3-4,9-10H2,1-2H3,(H,21,22). The maximum atomic E-state index is 12.5. The van der Waals surface area contributed by atoms with Crippen LogP contribution in [0.2, 0.25) is 0 Å². The van der Waals surface area contributed by atoms with Crippen LogP contribution in [-0.2, 0) is 22.2 Å². The van der Waals surface area contributed by atoms with E-state index < -0.39 is 17.7 Å². The monoisotopic (exact) mass is 331 g/mol. The van der Waals surface area contributed by atoms with Gasteiger partial charge in [-0.05, 0) is 30.5 Å². The van der Waals surface area contributed by atoms with Gasteiger partial charge in [-0.2, -0.15) is 13.2 Å². The van der Waals surface area contributed by atoms with Crippen molar-refractivity contribution < 1.29 is 27.9 Å². The highest BCUT2D eigenvalue weighted by Gasteiger charge is 2.30. The molecule has 1 aromatic carbocycles. The molecular weight excluding hydrogens is 311 g/mol. The van der Waals surface area contributed by atoms with Gasteiger partial charge in [-0.25, -0.2) is 0 Å². The van der Waals surface area contributed by atoms with Gasteiger partial charge >= 0.3 is 12.1 Å². The Hall–Kier alpha value is -2.05. The van der Waals surface area contributed by atoms with Crippen LogP contribution >= 0.6 is 0 Å². The summed E-state index contributed by atoms with van der Waals surface area (Å²) in [7, 11) is 1.59. The number of halogens is 3. The molecule has 1 atom stereocenters. The van der Waals surface area contributed by atoms with E-state index in [0.717, 1.165) is 12.1 Å². The molecule has 0 spiro atoms. The van der Waals surface area contributed by atoms with Gasteiger partial charge < -0.3 is 10.0 Å². The van der Waals surface area contributed by atoms with Crippen LogP contribution in [0.3, 0.4) is 0 Å². The largest absolute Gasteiger partial charge is 0.481 e. The van der Waals surface area contributed by atoms with Crippen LogP contribution in [0.1, 0.15) is 30.9 Å². The number of rotatable bonds is 7. The SMILES string of the molecule is CC(Cc1ccc(C(F)(F)F)cc1)C(=O)N(C)CCCC(=O)O. The second-order valence-electron chi connectivity index (χ2n) is 5.56. The average Bonchev–Trinajstić information content (AvgIpc) is 2.45. The summed E-state index contributed by atoms with van der Waals surface area (Å²) in [5.74, 6) is -1.46. The number of aliphatic carboxylic acids is 1. The van der Waals surface area contributed by atoms with E-state index in [1.54, 1.807) is 14.0 Å². The first kappa shape index (κ1) is 19.0. The number of alkyl halides is 3. The van der Waals surface area contributed by atoms with E-state index >= 15 is 0 Å². The van der Waals surface area contributed by atoms with Gasteiger partial charge in [0, 0.05) is 25.9 Å². The lowest BCUT2D eigenvalue weighted by molar-refractivity contribution is -0.138. The van der Waals surface area contributed by atoms with E-state index in [-0.39, 0.29) is 18.2 Å². The summed E-state index contributed by atoms with van der Waals surface area (Å²) >= 11 is 0. The first-order valence-electron chi connectivity index (χ1n) is 7.24. The third-order valence-corrected chi connectivity index (χ3v) is 3.51. The molecule has 0 saturated carbocycles. The van der Waals surface area contributed by atoms with Gasteiger partial charge in [0.05, 0.1) is 5.56 Å². The van der Waals surface area contributed by atoms with E-state index in [0.29, 0.717) is 24.9 Å². The van der Waals surface area contributed by atoms with Crippen LogP contribution in [0.25, 0.3) is 0 Å². The van der Waals surface area contributed by atoms with Crippen molar-refractivity contribution in [3.8, 4) is 0 Å². The molecule has 23 heavy (non-hydrogen) atoms. The maximum absolute atomic E-state index is 12.5. The Kier molecular flexibility index (Phi) is 6.60. The van der Waals surface area contributed by atoms with Crippen LogP contribution < -0.4 is 0 Å². The minimum Gasteiger partial charge on any atom is -0.481 e. The molecule has 0 aliphatic heterocycles. The van der Waals surface area contributed by atoms with Crippen LogP contribution in [0.4, 0.5) is 13.2 Å². The van der Waals surface area contributed by atoms with Crippen molar-refractivity contribution in [2.24, 2.45) is 5.92 Å². The van der Waals surface area contributed by atoms with Crippen LogP contribution in [-0.4, -0.2) is 35.5 Å². The number of carboxylic acid groups (broad SMARTS) is 1. The van der Waals surface area contributed by atoms with Crippen LogP contribution in [0.15, 0.2) is 24.3 Å². The summed E-state index contributed by atoms with van der Waals surface area (Å²) in [5, 5.41) is 8.57. The first-order chi connectivity index (χ1) is 10.6. The van der Waals surface area contributed by atoms with E-state index in [2.05, 4.69) is 0 Å². The molecule has 0 radical (unpaired) electrons. The summed E-state index contributed by atoms with van der Waals surface area (Å²) in [6.45, 7) is 2.04. The van der Waals surface area contributed by atoms with Gasteiger partial charge in [0.1, 0.15) is 0 Å². The predicted molar refractivity (Wildman–Crippen MR) is 78.8 cm³/mol. The molecule has 0 saturated heterocycles. The molecule has 4 nitrogen and oxygen atoms in total. The second-order valence-corrected chi connectivity index (χ2v) is 5.56. The van der Waals surface area contributed by atoms with E-state index in [9.17, 15) is 22.8 Å². The van der Waals surface area contributed by atoms with Crippen molar-refractivity contribution in [1.82, 2.24) is 4.90 Å². The number of nitrogens with zero attached hydrogens (tertiary/aromatic N) is 1. The molecule has 1 rings (SSSR count). The molecule has 1 N–H and O–H groups in total. The summed E-state index contributed by atoms with van der Waals surface area (Å²) in [4.78, 5) is 24.0. The van der Waals surface area contributed by atoms with Crippen molar-refractivity contribution in [3.05, 3.63) is 35.4 Å². The summed E-state index contributed by atoms with van der Waals surface area (Å²) in [5.41, 5.74) is -0.0659. The molecule has 0 heterocycles. The van der Waals surface area contributed by atoms with Crippen molar-refractivity contribution in [1.29, 1.82) is 0 Å². The number of benzene rings is 1. The fraction of sp³-hybridized carbons (Fsp3) is 0.500. The Labute approximate surface area is 132 Å². The molecule has 1 aromatic rings. The molecule has 0 aliphatic rings. The number of carboxylic acids is 1. The summed E-state index contributed by atoms with van der Waals surface area (Å²) in [6, 6.07) is 4.75. The zero-order valence-corrected chi connectivity index (χ0v) is 13.1. The Morgan fingerprint density at radius 1 is 1.22 bits per heavy atom. The summed E-state index contributed by atoms with van der Waals surface area (Å²) < 4.78 is 37.5. The quantitative estimate of drug-likeness (QED) is 0.835. The van der Waals surface area contributed by atoms with E-state index in [1.165, 1.54) is 17.0 Å². The Morgan fingerprint density at radius 3 is 2.26 bits per heavy atom. The van der Waals surface area contributed by atoms with Gasteiger partial charge in [0.15, 0.2) is 0 Å². The fourth-order valence-corrected chi connectivity index (χ4v) is 2.22. The molecule has 128 valence electrons. The Morgan fingerprint density at radius 2 is 1.78 bits per heavy atom. The number of amides is 1. The van der Waals surface area contributed by atoms with Gasteiger partial charge in [0.2, 0.25) is 5.91 Å². The van der Waals surface area contributed by atoms with Gasteiger partial charge in [-0.1, -0.05) is 19.1 Å². The second kappa shape index (κ2) is 7.99. The van der Waals surface area contributed by atoms with Crippen molar-refractivity contribution in [2.45, 2.75) is 32.4 Å². The molecule has 0 aliphatic carbocycles. The van der Waals surface area contributed by atoms with Gasteiger partial charge in [-0.3, -0.25) is 9.59 Å². The lowest BCUT2D eigenvalue weighted by atomic mass is 9.98. The third-order valence-electron chi connectivity index (χ3n) is 3.51. The smallest absolute Gasteiger partial charge is 0.416 e. The predicted octanol–water partition coefficient (Wildman–Crippen LogP) is 3.21. The molecule has 0 fully saturated rings. The van der Waals surface area contributed by atoms with E-state index in [4.69, 9.17) is 5.11 Å². The number of carbonyl (C=O) groups is 2. The third kappa shape index (κ3) is 6.30. The molecular formula is C16H20F3NO3. The maximum Gasteiger partial charge on any atom is 0.416 e. The Balaban J connectivity index is 2.56. The molecule has 1 unspecified atom stereocenters. The highest BCUT2D eigenvalue weighted by molar-refractivity contribution is 5.78. The normalized spacial score (nSPS) is 12.7. The average molecular weight is 331 g/mol. The highest BCUT2D eigenvalue weighted by atomic mass is 19.4. The van der Waals surface area contributed by atoms with Crippen molar-refractivity contribution >= 4 is 11.9 Å². The minimum atomic E-state index is -4.37. The minimum absolute atomic E-state index is 0.00902. The number of hydrogen-bond donors (Lipinski definition) is 1. The van der Waals surface area contributed by atoms with Crippen LogP contribution in [0, 0.1) is 5.92 Å². The lowest BCUT2D eigenvalue weighted by Crippen LogP contribution is -2.33. The zero-order chi connectivity index (χ0) is 17.6. The topological polar surface area (TPSA) is 57.6 Å². The molecule has 0 bridgehead atoms. The van der Waals surface area contributed by atoms with Crippen LogP contribution in [0.5, 0.6) is 0 Å². The van der Waals surface area contributed by atoms with Crippen molar-refractivity contribution in [3.63, 3.8) is 0 Å². The summed E-state index contributed by atoms with van der Waals surface area (Å²) in [6.07, 6.45) is -3.68.